The van der Waals surface area contributed by atoms with Gasteiger partial charge in [0.2, 0.25) is 9.04 Å². The molecule has 3 aromatic rings. The predicted molar refractivity (Wildman–Crippen MR) is 161 cm³/mol. The van der Waals surface area contributed by atoms with Gasteiger partial charge in [0.1, 0.15) is 24.6 Å². The zero-order chi connectivity index (χ0) is 29.4. The van der Waals surface area contributed by atoms with E-state index in [1.54, 1.807) is 0 Å². The summed E-state index contributed by atoms with van der Waals surface area (Å²) in [6.07, 6.45) is -0.710. The van der Waals surface area contributed by atoms with Gasteiger partial charge in [0.05, 0.1) is 11.7 Å². The average molecular weight is 583 g/mol. The normalized spacial score (nSPS) is 22.4. The molecule has 1 radical (unpaired) electrons. The first kappa shape index (κ1) is 29.3. The Morgan fingerprint density at radius 2 is 1.80 bits per heavy atom. The molecule has 0 amide bonds. The molecule has 0 bridgehead atoms. The van der Waals surface area contributed by atoms with Crippen LogP contribution >= 0.6 is 11.6 Å². The fourth-order valence-corrected chi connectivity index (χ4v) is 7.20. The van der Waals surface area contributed by atoms with Crippen molar-refractivity contribution in [3.8, 4) is 5.75 Å². The van der Waals surface area contributed by atoms with Crippen molar-refractivity contribution in [2.45, 2.75) is 98.0 Å². The van der Waals surface area contributed by atoms with Crippen LogP contribution in [0.3, 0.4) is 0 Å². The molecule has 8 heteroatoms. The smallest absolute Gasteiger partial charge is 0.205 e. The van der Waals surface area contributed by atoms with Crippen molar-refractivity contribution in [3.05, 3.63) is 63.3 Å². The van der Waals surface area contributed by atoms with Crippen LogP contribution in [0.5, 0.6) is 5.75 Å². The molecule has 1 unspecified atom stereocenters. The summed E-state index contributed by atoms with van der Waals surface area (Å²) in [5.74, 6) is -0.0357. The number of benzene rings is 2. The molecular weight excluding hydrogens is 542 g/mol. The number of fused-ring (bicyclic) bond motifs is 4. The summed E-state index contributed by atoms with van der Waals surface area (Å²) in [5, 5.41) is 1.59. The Morgan fingerprint density at radius 3 is 2.45 bits per heavy atom. The number of aromatic amines is 1. The van der Waals surface area contributed by atoms with Crippen LogP contribution in [-0.4, -0.2) is 50.5 Å². The summed E-state index contributed by atoms with van der Waals surface area (Å²) in [7, 11) is -0.964. The SMILES string of the molecule is Cc1cc2c3c([nH]c2cc1Cl)C(C)(C)c1cc(OC[C@H]2OC(C)(C)O[C@H]2C(O[Si](C)C)C(C)(C)C)ccc1C3=O. The van der Waals surface area contributed by atoms with Gasteiger partial charge in [-0.25, -0.2) is 0 Å². The second kappa shape index (κ2) is 9.98. The molecule has 2 heterocycles. The Balaban J connectivity index is 1.44. The number of hydrogen-bond donors (Lipinski definition) is 1. The number of halogens is 1. The second-order valence-corrected chi connectivity index (χ2v) is 15.9. The topological polar surface area (TPSA) is 69.8 Å². The van der Waals surface area contributed by atoms with Crippen molar-refractivity contribution in [3.63, 3.8) is 0 Å². The number of H-pyrrole nitrogens is 1. The van der Waals surface area contributed by atoms with Gasteiger partial charge in [-0.1, -0.05) is 46.2 Å². The van der Waals surface area contributed by atoms with Crippen molar-refractivity contribution in [1.29, 1.82) is 0 Å². The van der Waals surface area contributed by atoms with Crippen LogP contribution in [0.4, 0.5) is 0 Å². The highest BCUT2D eigenvalue weighted by Gasteiger charge is 2.49. The number of nitrogens with one attached hydrogen (secondary N) is 1. The van der Waals surface area contributed by atoms with Crippen LogP contribution in [0.2, 0.25) is 18.1 Å². The molecule has 1 aliphatic carbocycles. The molecule has 1 saturated heterocycles. The minimum absolute atomic E-state index is 0.0140. The lowest BCUT2D eigenvalue weighted by Gasteiger charge is -2.37. The van der Waals surface area contributed by atoms with Gasteiger partial charge in [-0.3, -0.25) is 4.79 Å². The minimum atomic E-state index is -0.964. The number of ether oxygens (including phenoxy) is 3. The van der Waals surface area contributed by atoms with Crippen LogP contribution in [0.25, 0.3) is 10.9 Å². The number of ketones is 1. The van der Waals surface area contributed by atoms with Crippen LogP contribution in [0.15, 0.2) is 30.3 Å². The molecule has 2 aliphatic rings. The van der Waals surface area contributed by atoms with Gasteiger partial charge in [-0.15, -0.1) is 0 Å². The lowest BCUT2D eigenvalue weighted by atomic mass is 9.71. The van der Waals surface area contributed by atoms with E-state index < -0.39 is 20.2 Å². The monoisotopic (exact) mass is 582 g/mol. The van der Waals surface area contributed by atoms with E-state index in [4.69, 9.17) is 30.2 Å². The predicted octanol–water partition coefficient (Wildman–Crippen LogP) is 7.58. The van der Waals surface area contributed by atoms with E-state index in [9.17, 15) is 4.79 Å². The molecule has 2 aromatic carbocycles. The Labute approximate surface area is 244 Å². The third kappa shape index (κ3) is 5.16. The van der Waals surface area contributed by atoms with E-state index in [1.807, 2.05) is 51.1 Å². The number of carbonyl (C=O) groups is 1. The maximum Gasteiger partial charge on any atom is 0.205 e. The average Bonchev–Trinajstić information content (AvgIpc) is 3.36. The van der Waals surface area contributed by atoms with E-state index in [0.29, 0.717) is 22.9 Å². The number of aromatic nitrogens is 1. The van der Waals surface area contributed by atoms with Gasteiger partial charge in [-0.05, 0) is 80.7 Å². The van der Waals surface area contributed by atoms with E-state index in [-0.39, 0.29) is 29.5 Å². The summed E-state index contributed by atoms with van der Waals surface area (Å²) in [6, 6.07) is 9.66. The molecule has 0 spiro atoms. The summed E-state index contributed by atoms with van der Waals surface area (Å²) in [6.45, 7) is 21.2. The standard InChI is InChI=1S/C32H41ClNO5Si/c1-17-13-20-23(15-22(17)33)34-28-25(20)26(35)19-12-11-18(14-21(19)31(28,5)6)36-16-24-27(38-32(7,8)37-24)29(30(2,3)4)39-40(9)10/h11-15,24,27,29,34H,16H2,1-10H3/t24-,27-,29?/m1/s1. The van der Waals surface area contributed by atoms with Crippen LogP contribution in [-0.2, 0) is 19.3 Å². The van der Waals surface area contributed by atoms with Gasteiger partial charge in [0, 0.05) is 32.6 Å². The van der Waals surface area contributed by atoms with Crippen molar-refractivity contribution in [2.75, 3.05) is 6.61 Å². The van der Waals surface area contributed by atoms with Crippen molar-refractivity contribution in [1.82, 2.24) is 4.98 Å². The molecule has 3 atom stereocenters. The zero-order valence-electron chi connectivity index (χ0n) is 25.2. The lowest BCUT2D eigenvalue weighted by Crippen LogP contribution is -2.48. The van der Waals surface area contributed by atoms with Gasteiger partial charge in [-0.2, -0.15) is 0 Å². The molecule has 5 rings (SSSR count). The highest BCUT2D eigenvalue weighted by atomic mass is 35.5. The quantitative estimate of drug-likeness (QED) is 0.303. The van der Waals surface area contributed by atoms with Crippen molar-refractivity contribution in [2.24, 2.45) is 5.41 Å². The summed E-state index contributed by atoms with van der Waals surface area (Å²) in [4.78, 5) is 17.3. The van der Waals surface area contributed by atoms with Crippen LogP contribution in [0.1, 0.15) is 81.2 Å². The fraction of sp³-hybridized carbons (Fsp3) is 0.531. The Kier molecular flexibility index (Phi) is 7.32. The van der Waals surface area contributed by atoms with E-state index >= 15 is 0 Å². The number of aryl methyl sites for hydroxylation is 1. The first-order chi connectivity index (χ1) is 18.5. The number of rotatable bonds is 6. The van der Waals surface area contributed by atoms with E-state index in [0.717, 1.165) is 33.3 Å². The highest BCUT2D eigenvalue weighted by Crippen LogP contribution is 2.45. The fourth-order valence-electron chi connectivity index (χ4n) is 6.04. The molecule has 0 saturated carbocycles. The Bertz CT molecular complexity index is 1470. The van der Waals surface area contributed by atoms with E-state index in [1.165, 1.54) is 0 Å². The maximum atomic E-state index is 13.8. The molecule has 1 aromatic heterocycles. The van der Waals surface area contributed by atoms with Crippen molar-refractivity contribution >= 4 is 37.3 Å². The third-order valence-electron chi connectivity index (χ3n) is 7.99. The third-order valence-corrected chi connectivity index (χ3v) is 9.12. The summed E-state index contributed by atoms with van der Waals surface area (Å²) < 4.78 is 25.5. The first-order valence-electron chi connectivity index (χ1n) is 14.0. The largest absolute Gasteiger partial charge is 0.491 e. The zero-order valence-corrected chi connectivity index (χ0v) is 27.0. The van der Waals surface area contributed by atoms with Crippen molar-refractivity contribution < 1.29 is 23.4 Å². The first-order valence-corrected chi connectivity index (χ1v) is 16.7. The molecular formula is C32H41ClNO5Si. The van der Waals surface area contributed by atoms with Gasteiger partial charge >= 0.3 is 0 Å². The summed E-state index contributed by atoms with van der Waals surface area (Å²) >= 11 is 6.41. The summed E-state index contributed by atoms with van der Waals surface area (Å²) in [5.41, 5.74) is 4.49. The molecule has 1 aliphatic heterocycles. The Hall–Kier alpha value is -2.16. The number of carbonyl (C=O) groups excluding carboxylic acids is 1. The Morgan fingerprint density at radius 1 is 1.10 bits per heavy atom. The number of hydrogen-bond acceptors (Lipinski definition) is 5. The molecule has 1 N–H and O–H groups in total. The highest BCUT2D eigenvalue weighted by molar-refractivity contribution is 6.48. The molecule has 1 fully saturated rings. The van der Waals surface area contributed by atoms with Crippen LogP contribution < -0.4 is 4.74 Å². The lowest BCUT2D eigenvalue weighted by molar-refractivity contribution is -0.160. The van der Waals surface area contributed by atoms with Gasteiger partial charge in [0.25, 0.3) is 0 Å². The molecule has 40 heavy (non-hydrogen) atoms. The van der Waals surface area contributed by atoms with Gasteiger partial charge < -0.3 is 23.6 Å². The van der Waals surface area contributed by atoms with E-state index in [2.05, 4.69) is 52.7 Å². The molecule has 6 nitrogen and oxygen atoms in total. The second-order valence-electron chi connectivity index (χ2n) is 13.4. The molecule has 215 valence electrons. The minimum Gasteiger partial charge on any atom is -0.491 e. The van der Waals surface area contributed by atoms with Gasteiger partial charge in [0.15, 0.2) is 11.6 Å². The van der Waals surface area contributed by atoms with Crippen LogP contribution in [0, 0.1) is 12.3 Å². The maximum absolute atomic E-state index is 13.8.